The van der Waals surface area contributed by atoms with Crippen LogP contribution in [0.25, 0.3) is 10.9 Å². The Balaban J connectivity index is 1.96. The van der Waals surface area contributed by atoms with Gasteiger partial charge in [0, 0.05) is 18.4 Å². The first-order valence-corrected chi connectivity index (χ1v) is 6.76. The normalized spacial score (nSPS) is 19.1. The van der Waals surface area contributed by atoms with Gasteiger partial charge in [0.2, 0.25) is 0 Å². The number of nitrogens with zero attached hydrogens (tertiary/aromatic N) is 2. The monoisotopic (exact) mass is 244 g/mol. The molecule has 1 aliphatic carbocycles. The van der Waals surface area contributed by atoms with Crippen molar-refractivity contribution in [1.82, 2.24) is 9.78 Å². The van der Waals surface area contributed by atoms with Crippen LogP contribution in [0, 0.1) is 5.41 Å². The van der Waals surface area contributed by atoms with Gasteiger partial charge in [0.15, 0.2) is 0 Å². The summed E-state index contributed by atoms with van der Waals surface area (Å²) in [5.74, 6) is 0. The summed E-state index contributed by atoms with van der Waals surface area (Å²) >= 11 is 0. The first-order valence-electron chi connectivity index (χ1n) is 6.76. The van der Waals surface area contributed by atoms with Gasteiger partial charge in [0.05, 0.1) is 17.3 Å². The van der Waals surface area contributed by atoms with Crippen LogP contribution >= 0.6 is 0 Å². The van der Waals surface area contributed by atoms with Crippen molar-refractivity contribution in [2.45, 2.75) is 45.8 Å². The van der Waals surface area contributed by atoms with Crippen LogP contribution in [0.1, 0.15) is 32.4 Å². The summed E-state index contributed by atoms with van der Waals surface area (Å²) in [5, 5.41) is 16.1. The number of hydrogen-bond donors (Lipinski definition) is 1. The third-order valence-electron chi connectivity index (χ3n) is 4.26. The van der Waals surface area contributed by atoms with E-state index >= 15 is 0 Å². The summed E-state index contributed by atoms with van der Waals surface area (Å²) in [6.45, 7) is 5.13. The second-order valence-corrected chi connectivity index (χ2v) is 5.65. The van der Waals surface area contributed by atoms with E-state index in [1.54, 1.807) is 0 Å². The molecule has 0 aliphatic heterocycles. The minimum atomic E-state index is -0.263. The Hall–Kier alpha value is -1.35. The van der Waals surface area contributed by atoms with E-state index < -0.39 is 0 Å². The molecule has 1 heterocycles. The summed E-state index contributed by atoms with van der Waals surface area (Å²) in [5.41, 5.74) is 2.34. The molecule has 1 fully saturated rings. The van der Waals surface area contributed by atoms with Gasteiger partial charge in [-0.3, -0.25) is 4.68 Å². The first-order chi connectivity index (χ1) is 8.64. The maximum Gasteiger partial charge on any atom is 0.0729 e. The van der Waals surface area contributed by atoms with E-state index in [2.05, 4.69) is 31.1 Å². The highest BCUT2D eigenvalue weighted by Crippen LogP contribution is 2.49. The van der Waals surface area contributed by atoms with Crippen molar-refractivity contribution in [3.8, 4) is 0 Å². The summed E-state index contributed by atoms with van der Waals surface area (Å²) in [7, 11) is 0. The lowest BCUT2D eigenvalue weighted by Gasteiger charge is -2.16. The van der Waals surface area contributed by atoms with Crippen molar-refractivity contribution in [2.75, 3.05) is 0 Å². The minimum Gasteiger partial charge on any atom is -0.392 e. The van der Waals surface area contributed by atoms with Gasteiger partial charge in [0.25, 0.3) is 0 Å². The van der Waals surface area contributed by atoms with Crippen molar-refractivity contribution in [2.24, 2.45) is 5.41 Å². The lowest BCUT2D eigenvalue weighted by molar-refractivity contribution is 0.102. The molecule has 0 saturated heterocycles. The molecule has 0 spiro atoms. The largest absolute Gasteiger partial charge is 0.392 e. The quantitative estimate of drug-likeness (QED) is 0.898. The van der Waals surface area contributed by atoms with Crippen molar-refractivity contribution in [3.63, 3.8) is 0 Å². The fourth-order valence-electron chi connectivity index (χ4n) is 2.55. The topological polar surface area (TPSA) is 38.0 Å². The van der Waals surface area contributed by atoms with Gasteiger partial charge in [-0.25, -0.2) is 0 Å². The van der Waals surface area contributed by atoms with Crippen molar-refractivity contribution >= 4 is 10.9 Å². The Bertz CT molecular complexity index is 569. The molecule has 1 unspecified atom stereocenters. The van der Waals surface area contributed by atoms with Crippen LogP contribution in [0.4, 0.5) is 0 Å². The number of aliphatic hydroxyl groups is 1. The number of benzene rings is 1. The SMILES string of the molecule is CCn1nc(CC(O)C2(C)CC2)c2ccccc21. The van der Waals surface area contributed by atoms with Crippen LogP contribution in [0.2, 0.25) is 0 Å². The van der Waals surface area contributed by atoms with Crippen LogP contribution in [0.5, 0.6) is 0 Å². The summed E-state index contributed by atoms with van der Waals surface area (Å²) in [4.78, 5) is 0. The zero-order valence-electron chi connectivity index (χ0n) is 11.1. The molecule has 3 rings (SSSR count). The first kappa shape index (κ1) is 11.7. The maximum absolute atomic E-state index is 10.3. The highest BCUT2D eigenvalue weighted by Gasteiger charge is 2.44. The molecule has 1 atom stereocenters. The van der Waals surface area contributed by atoms with Gasteiger partial charge < -0.3 is 5.11 Å². The molecule has 0 amide bonds. The van der Waals surface area contributed by atoms with Gasteiger partial charge >= 0.3 is 0 Å². The zero-order chi connectivity index (χ0) is 12.8. The zero-order valence-corrected chi connectivity index (χ0v) is 11.1. The second-order valence-electron chi connectivity index (χ2n) is 5.65. The molecule has 1 N–H and O–H groups in total. The molecule has 1 aromatic carbocycles. The number of hydrogen-bond acceptors (Lipinski definition) is 2. The highest BCUT2D eigenvalue weighted by molar-refractivity contribution is 5.82. The van der Waals surface area contributed by atoms with E-state index in [-0.39, 0.29) is 11.5 Å². The molecule has 1 aromatic heterocycles. The Morgan fingerprint density at radius 3 is 2.78 bits per heavy atom. The fourth-order valence-corrected chi connectivity index (χ4v) is 2.55. The number of aliphatic hydroxyl groups excluding tert-OH is 1. The van der Waals surface area contributed by atoms with E-state index in [1.807, 2.05) is 16.8 Å². The van der Waals surface area contributed by atoms with Gasteiger partial charge in [-0.1, -0.05) is 25.1 Å². The molecule has 0 radical (unpaired) electrons. The smallest absolute Gasteiger partial charge is 0.0729 e. The van der Waals surface area contributed by atoms with Crippen LogP contribution in [-0.4, -0.2) is 21.0 Å². The molecular formula is C15H20N2O. The molecule has 0 bridgehead atoms. The van der Waals surface area contributed by atoms with E-state index in [0.29, 0.717) is 6.42 Å². The molecule has 3 heteroatoms. The summed E-state index contributed by atoms with van der Waals surface area (Å²) < 4.78 is 2.02. The minimum absolute atomic E-state index is 0.136. The number of para-hydroxylation sites is 1. The average molecular weight is 244 g/mol. The van der Waals surface area contributed by atoms with Gasteiger partial charge in [-0.2, -0.15) is 5.10 Å². The molecule has 18 heavy (non-hydrogen) atoms. The number of aryl methyl sites for hydroxylation is 1. The molecule has 2 aromatic rings. The predicted octanol–water partition coefficient (Wildman–Crippen LogP) is 2.76. The Morgan fingerprint density at radius 1 is 1.39 bits per heavy atom. The summed E-state index contributed by atoms with van der Waals surface area (Å²) in [6, 6.07) is 8.28. The molecule has 3 nitrogen and oxygen atoms in total. The van der Waals surface area contributed by atoms with E-state index in [0.717, 1.165) is 25.1 Å². The number of fused-ring (bicyclic) bond motifs is 1. The van der Waals surface area contributed by atoms with Crippen molar-refractivity contribution in [1.29, 1.82) is 0 Å². The van der Waals surface area contributed by atoms with E-state index in [1.165, 1.54) is 10.9 Å². The average Bonchev–Trinajstić information content (AvgIpc) is 3.04. The van der Waals surface area contributed by atoms with Crippen LogP contribution in [0.15, 0.2) is 24.3 Å². The van der Waals surface area contributed by atoms with Gasteiger partial charge in [-0.15, -0.1) is 0 Å². The van der Waals surface area contributed by atoms with Gasteiger partial charge in [0.1, 0.15) is 0 Å². The van der Waals surface area contributed by atoms with Crippen molar-refractivity contribution in [3.05, 3.63) is 30.0 Å². The van der Waals surface area contributed by atoms with Crippen molar-refractivity contribution < 1.29 is 5.11 Å². The molecule has 1 aliphatic rings. The molecular weight excluding hydrogens is 224 g/mol. The maximum atomic E-state index is 10.3. The predicted molar refractivity (Wildman–Crippen MR) is 72.5 cm³/mol. The Kier molecular flexibility index (Phi) is 2.67. The second kappa shape index (κ2) is 4.09. The van der Waals surface area contributed by atoms with Crippen LogP contribution < -0.4 is 0 Å². The van der Waals surface area contributed by atoms with E-state index in [4.69, 9.17) is 0 Å². The molecule has 96 valence electrons. The lowest BCUT2D eigenvalue weighted by atomic mass is 9.96. The highest BCUT2D eigenvalue weighted by atomic mass is 16.3. The number of rotatable bonds is 4. The Labute approximate surface area is 107 Å². The van der Waals surface area contributed by atoms with E-state index in [9.17, 15) is 5.11 Å². The molecule has 1 saturated carbocycles. The van der Waals surface area contributed by atoms with Gasteiger partial charge in [-0.05, 0) is 31.2 Å². The number of aromatic nitrogens is 2. The third kappa shape index (κ3) is 1.83. The van der Waals surface area contributed by atoms with Crippen LogP contribution in [-0.2, 0) is 13.0 Å². The third-order valence-corrected chi connectivity index (χ3v) is 4.26. The van der Waals surface area contributed by atoms with Crippen LogP contribution in [0.3, 0.4) is 0 Å². The Morgan fingerprint density at radius 2 is 2.11 bits per heavy atom. The standard InChI is InChI=1S/C15H20N2O/c1-3-17-13-7-5-4-6-11(13)12(16-17)10-14(18)15(2)8-9-15/h4-7,14,18H,3,8-10H2,1-2H3. The fraction of sp³-hybridized carbons (Fsp3) is 0.533. The summed E-state index contributed by atoms with van der Waals surface area (Å²) in [6.07, 6.45) is 2.69. The lowest BCUT2D eigenvalue weighted by Crippen LogP contribution is -2.21.